The molecule has 13 heteroatoms. The Morgan fingerprint density at radius 3 is 2.00 bits per heavy atom. The van der Waals surface area contributed by atoms with E-state index in [0.717, 1.165) is 51.9 Å². The maximum absolute atomic E-state index is 13.3. The second kappa shape index (κ2) is 15.2. The van der Waals surface area contributed by atoms with Crippen molar-refractivity contribution in [2.75, 3.05) is 20.2 Å². The lowest BCUT2D eigenvalue weighted by atomic mass is 9.96. The van der Waals surface area contributed by atoms with Gasteiger partial charge in [0, 0.05) is 103 Å². The summed E-state index contributed by atoms with van der Waals surface area (Å²) in [5, 5.41) is 13.5. The van der Waals surface area contributed by atoms with Gasteiger partial charge in [-0.3, -0.25) is 23.8 Å². The third-order valence-electron chi connectivity index (χ3n) is 9.40. The van der Waals surface area contributed by atoms with Crippen LogP contribution in [0.15, 0.2) is 78.0 Å². The lowest BCUT2D eigenvalue weighted by Crippen LogP contribution is -2.36. The molecule has 51 heavy (non-hydrogen) atoms. The number of methoxy groups -OCH3 is 1. The van der Waals surface area contributed by atoms with Crippen LogP contribution in [0.5, 0.6) is 5.75 Å². The highest BCUT2D eigenvalue weighted by molar-refractivity contribution is 6.39. The van der Waals surface area contributed by atoms with Crippen molar-refractivity contribution in [3.05, 3.63) is 105 Å². The van der Waals surface area contributed by atoms with Crippen molar-refractivity contribution in [2.45, 2.75) is 50.9 Å². The Kier molecular flexibility index (Phi) is 10.3. The molecular weight excluding hydrogens is 689 g/mol. The molecule has 262 valence electrons. The highest BCUT2D eigenvalue weighted by Crippen LogP contribution is 2.42. The lowest BCUT2D eigenvalue weighted by Gasteiger charge is -2.16. The predicted octanol–water partition coefficient (Wildman–Crippen LogP) is 5.14. The minimum atomic E-state index is -0.160. The summed E-state index contributed by atoms with van der Waals surface area (Å²) in [6.45, 7) is 2.09. The molecular formula is C38H37Cl2N7O4. The van der Waals surface area contributed by atoms with Crippen LogP contribution in [0.3, 0.4) is 0 Å². The molecule has 0 bridgehead atoms. The molecule has 2 fully saturated rings. The smallest absolute Gasteiger partial charge is 0.262 e. The monoisotopic (exact) mass is 725 g/mol. The number of nitrogens with zero attached hydrogens (tertiary/aromatic N) is 3. The van der Waals surface area contributed by atoms with Gasteiger partial charge in [0.2, 0.25) is 11.8 Å². The van der Waals surface area contributed by atoms with Gasteiger partial charge in [0.15, 0.2) is 0 Å². The molecule has 5 heterocycles. The average molecular weight is 727 g/mol. The van der Waals surface area contributed by atoms with Gasteiger partial charge < -0.3 is 26.0 Å². The molecule has 2 saturated heterocycles. The van der Waals surface area contributed by atoms with E-state index in [2.05, 4.69) is 31.2 Å². The van der Waals surface area contributed by atoms with Crippen LogP contribution < -0.4 is 31.6 Å². The number of hydrogen-bond donors (Lipinski definition) is 4. The van der Waals surface area contributed by atoms with Crippen molar-refractivity contribution < 1.29 is 14.3 Å². The Bertz CT molecular complexity index is 2190. The number of carbonyl (C=O) groups is 2. The van der Waals surface area contributed by atoms with Crippen molar-refractivity contribution in [1.29, 1.82) is 0 Å². The van der Waals surface area contributed by atoms with Crippen molar-refractivity contribution in [2.24, 2.45) is 0 Å². The number of fused-ring (bicyclic) bond motifs is 1. The van der Waals surface area contributed by atoms with Gasteiger partial charge in [0.1, 0.15) is 11.4 Å². The number of benzene rings is 2. The highest BCUT2D eigenvalue weighted by atomic mass is 35.5. The fraction of sp³-hybridized carbons (Fsp3) is 0.289. The Morgan fingerprint density at radius 2 is 1.39 bits per heavy atom. The van der Waals surface area contributed by atoms with Gasteiger partial charge >= 0.3 is 0 Å². The first-order chi connectivity index (χ1) is 24.8. The molecule has 7 rings (SSSR count). The number of pyridine rings is 2. The van der Waals surface area contributed by atoms with Crippen LogP contribution in [0.25, 0.3) is 39.0 Å². The summed E-state index contributed by atoms with van der Waals surface area (Å²) in [6, 6.07) is 17.4. The van der Waals surface area contributed by atoms with Crippen LogP contribution >= 0.6 is 23.2 Å². The van der Waals surface area contributed by atoms with E-state index in [1.54, 1.807) is 25.7 Å². The van der Waals surface area contributed by atoms with E-state index < -0.39 is 0 Å². The van der Waals surface area contributed by atoms with Crippen LogP contribution in [0.4, 0.5) is 0 Å². The molecule has 0 aliphatic carbocycles. The Labute approximate surface area is 304 Å². The molecule has 11 nitrogen and oxygen atoms in total. The van der Waals surface area contributed by atoms with Gasteiger partial charge in [-0.2, -0.15) is 0 Å². The van der Waals surface area contributed by atoms with Crippen molar-refractivity contribution in [3.63, 3.8) is 0 Å². The average Bonchev–Trinajstić information content (AvgIpc) is 3.76. The molecule has 0 unspecified atom stereocenters. The van der Waals surface area contributed by atoms with Gasteiger partial charge in [-0.05, 0) is 36.6 Å². The van der Waals surface area contributed by atoms with Crippen molar-refractivity contribution in [3.8, 4) is 39.1 Å². The third kappa shape index (κ3) is 7.48. The molecule has 5 aromatic rings. The van der Waals surface area contributed by atoms with Gasteiger partial charge in [0.25, 0.3) is 5.56 Å². The van der Waals surface area contributed by atoms with E-state index in [0.29, 0.717) is 66.0 Å². The van der Waals surface area contributed by atoms with E-state index >= 15 is 0 Å². The number of carbonyl (C=O) groups excluding carboxylic acids is 2. The molecule has 0 spiro atoms. The van der Waals surface area contributed by atoms with Crippen LogP contribution in [-0.4, -0.2) is 58.5 Å². The maximum Gasteiger partial charge on any atom is 0.262 e. The summed E-state index contributed by atoms with van der Waals surface area (Å²) in [5.74, 6) is 0.778. The van der Waals surface area contributed by atoms with Gasteiger partial charge in [-0.25, -0.2) is 4.98 Å². The van der Waals surface area contributed by atoms with E-state index in [4.69, 9.17) is 27.9 Å². The number of amides is 2. The molecule has 0 radical (unpaired) electrons. The standard InChI is InChI=1S/C38H37Cl2N7O4/c1-51-32-14-23(17-43-31(32)21-42-20-26-9-11-35(49)46-26)28-5-3-7-30(37(28)40)29-6-2-4-27(36(29)39)22-12-13-47-33(15-22)44-18-24(38(47)50)16-41-19-25-8-10-34(48)45-25/h2-7,12-15,17-18,25-26,41-42H,8-11,16,19-21H2,1H3,(H,45,48)(H,46,49)/t25-,26+/m0/s1. The van der Waals surface area contributed by atoms with E-state index in [-0.39, 0.29) is 29.5 Å². The second-order valence-electron chi connectivity index (χ2n) is 12.8. The summed E-state index contributed by atoms with van der Waals surface area (Å²) >= 11 is 14.2. The summed E-state index contributed by atoms with van der Waals surface area (Å²) in [7, 11) is 1.61. The predicted molar refractivity (Wildman–Crippen MR) is 198 cm³/mol. The summed E-state index contributed by atoms with van der Waals surface area (Å²) in [6.07, 6.45) is 7.79. The number of aromatic nitrogens is 3. The number of halogens is 2. The quantitative estimate of drug-likeness (QED) is 0.139. The van der Waals surface area contributed by atoms with Gasteiger partial charge in [-0.15, -0.1) is 0 Å². The van der Waals surface area contributed by atoms with Crippen molar-refractivity contribution >= 4 is 40.7 Å². The molecule has 2 atom stereocenters. The fourth-order valence-electron chi connectivity index (χ4n) is 6.66. The largest absolute Gasteiger partial charge is 0.495 e. The fourth-order valence-corrected chi connectivity index (χ4v) is 7.34. The first-order valence-electron chi connectivity index (χ1n) is 16.9. The molecule has 2 aromatic carbocycles. The third-order valence-corrected chi connectivity index (χ3v) is 10.2. The molecule has 2 amide bonds. The number of hydrogen-bond acceptors (Lipinski definition) is 8. The summed E-state index contributed by atoms with van der Waals surface area (Å²) in [5.41, 5.74) is 6.29. The topological polar surface area (TPSA) is 139 Å². The van der Waals surface area contributed by atoms with Crippen LogP contribution in [-0.2, 0) is 22.7 Å². The zero-order chi connectivity index (χ0) is 35.5. The molecule has 4 N–H and O–H groups in total. The highest BCUT2D eigenvalue weighted by Gasteiger charge is 2.22. The van der Waals surface area contributed by atoms with Crippen LogP contribution in [0.2, 0.25) is 10.0 Å². The lowest BCUT2D eigenvalue weighted by molar-refractivity contribution is -0.120. The number of rotatable bonds is 12. The molecule has 3 aromatic heterocycles. The first-order valence-corrected chi connectivity index (χ1v) is 17.7. The Morgan fingerprint density at radius 1 is 0.784 bits per heavy atom. The second-order valence-corrected chi connectivity index (χ2v) is 13.6. The first kappa shape index (κ1) is 34.6. The zero-order valence-corrected chi connectivity index (χ0v) is 29.5. The molecule has 2 aliphatic rings. The minimum Gasteiger partial charge on any atom is -0.495 e. The number of nitrogens with one attached hydrogen (secondary N) is 4. The zero-order valence-electron chi connectivity index (χ0n) is 28.0. The Balaban J connectivity index is 1.10. The van der Waals surface area contributed by atoms with E-state index in [9.17, 15) is 14.4 Å². The maximum atomic E-state index is 13.3. The van der Waals surface area contributed by atoms with E-state index in [1.165, 1.54) is 4.40 Å². The number of ether oxygens (including phenoxy) is 1. The molecule has 2 aliphatic heterocycles. The molecule has 0 saturated carbocycles. The van der Waals surface area contributed by atoms with Crippen LogP contribution in [0.1, 0.15) is 36.9 Å². The SMILES string of the molecule is COc1cc(-c2cccc(-c3cccc(-c4ccn5c(=O)c(CNC[C@@H]6CCC(=O)N6)cnc5c4)c3Cl)c2Cl)cnc1CNC[C@H]1CCC(=O)N1. The summed E-state index contributed by atoms with van der Waals surface area (Å²) in [4.78, 5) is 45.5. The van der Waals surface area contributed by atoms with Crippen LogP contribution in [0, 0.1) is 0 Å². The van der Waals surface area contributed by atoms with E-state index in [1.807, 2.05) is 54.6 Å². The van der Waals surface area contributed by atoms with Crippen molar-refractivity contribution in [1.82, 2.24) is 35.6 Å². The normalized spacial score (nSPS) is 17.2. The summed E-state index contributed by atoms with van der Waals surface area (Å²) < 4.78 is 7.21. The van der Waals surface area contributed by atoms with Gasteiger partial charge in [-0.1, -0.05) is 59.6 Å². The minimum absolute atomic E-state index is 0.0609. The Hall–Kier alpha value is -4.81. The van der Waals surface area contributed by atoms with Gasteiger partial charge in [0.05, 0.1) is 22.8 Å².